The molecule has 0 bridgehead atoms. The molecule has 12 aromatic rings. The molecule has 0 aliphatic heterocycles. The Hall–Kier alpha value is -6.84. The Balaban J connectivity index is 1.15. The molecule has 0 saturated heterocycles. The maximum Gasteiger partial charge on any atom is 0.137 e. The summed E-state index contributed by atoms with van der Waals surface area (Å²) >= 11 is 0. The van der Waals surface area contributed by atoms with Gasteiger partial charge in [0.05, 0.1) is 22.1 Å². The van der Waals surface area contributed by atoms with Crippen molar-refractivity contribution in [3.05, 3.63) is 170 Å². The van der Waals surface area contributed by atoms with Crippen molar-refractivity contribution in [1.82, 2.24) is 9.13 Å². The minimum atomic E-state index is 0.904. The molecule has 0 aliphatic carbocycles. The summed E-state index contributed by atoms with van der Waals surface area (Å²) in [5.41, 5.74) is 8.83. The number of nitrogens with zero attached hydrogens (tertiary/aromatic N) is 2. The van der Waals surface area contributed by atoms with E-state index in [1.807, 2.05) is 12.1 Å². The molecule has 0 unspecified atom stereocenters. The van der Waals surface area contributed by atoms with Gasteiger partial charge in [0.1, 0.15) is 11.2 Å². The van der Waals surface area contributed by atoms with Crippen LogP contribution in [-0.4, -0.2) is 9.13 Å². The normalized spacial score (nSPS) is 12.3. The minimum absolute atomic E-state index is 0.904. The second-order valence-electron chi connectivity index (χ2n) is 13.7. The van der Waals surface area contributed by atoms with Crippen LogP contribution in [0.3, 0.4) is 0 Å². The maximum absolute atomic E-state index is 6.37. The zero-order valence-corrected chi connectivity index (χ0v) is 27.5. The zero-order chi connectivity index (χ0) is 33.2. The third-order valence-electron chi connectivity index (χ3n) is 11.1. The number of hydrogen-bond acceptors (Lipinski definition) is 1. The Morgan fingerprint density at radius 3 is 1.69 bits per heavy atom. The SMILES string of the molecule is c1ccc2c(c1)ccc1c2c2ccccc2c2c3ccccc3n(-c3ccc(-n4c5ccccc5c5cc6c(cc54)oc4ccccc46)cc3)c12. The van der Waals surface area contributed by atoms with Gasteiger partial charge in [0.25, 0.3) is 0 Å². The first kappa shape index (κ1) is 27.0. The molecule has 3 heterocycles. The molecule has 3 heteroatoms. The third kappa shape index (κ3) is 3.57. The van der Waals surface area contributed by atoms with Crippen LogP contribution in [0.15, 0.2) is 174 Å². The summed E-state index contributed by atoms with van der Waals surface area (Å²) < 4.78 is 11.2. The molecule has 3 aromatic heterocycles. The van der Waals surface area contributed by atoms with Crippen LogP contribution in [0.4, 0.5) is 0 Å². The summed E-state index contributed by atoms with van der Waals surface area (Å²) in [6.07, 6.45) is 0. The lowest BCUT2D eigenvalue weighted by molar-refractivity contribution is 0.669. The average molecular weight is 649 g/mol. The second kappa shape index (κ2) is 9.87. The molecule has 3 nitrogen and oxygen atoms in total. The number of furan rings is 1. The number of aromatic nitrogens is 2. The molecule has 0 N–H and O–H groups in total. The minimum Gasteiger partial charge on any atom is -0.456 e. The molecule has 0 amide bonds. The lowest BCUT2D eigenvalue weighted by atomic mass is 9.93. The molecule has 0 atom stereocenters. The topological polar surface area (TPSA) is 23.0 Å². The first-order valence-corrected chi connectivity index (χ1v) is 17.5. The fourth-order valence-corrected chi connectivity index (χ4v) is 8.93. The predicted molar refractivity (Wildman–Crippen MR) is 215 cm³/mol. The van der Waals surface area contributed by atoms with Gasteiger partial charge < -0.3 is 13.6 Å². The monoisotopic (exact) mass is 648 g/mol. The van der Waals surface area contributed by atoms with Gasteiger partial charge in [-0.05, 0) is 75.5 Å². The van der Waals surface area contributed by atoms with Crippen LogP contribution in [0.1, 0.15) is 0 Å². The Kier molecular flexibility index (Phi) is 5.23. The molecular formula is C48H28N2O. The molecular weight excluding hydrogens is 621 g/mol. The van der Waals surface area contributed by atoms with Crippen LogP contribution in [-0.2, 0) is 0 Å². The molecule has 0 spiro atoms. The van der Waals surface area contributed by atoms with Crippen molar-refractivity contribution in [3.8, 4) is 11.4 Å². The molecule has 0 radical (unpaired) electrons. The van der Waals surface area contributed by atoms with Crippen LogP contribution in [0.2, 0.25) is 0 Å². The third-order valence-corrected chi connectivity index (χ3v) is 11.1. The van der Waals surface area contributed by atoms with Gasteiger partial charge in [0.2, 0.25) is 0 Å². The van der Waals surface area contributed by atoms with Crippen molar-refractivity contribution in [2.24, 2.45) is 0 Å². The van der Waals surface area contributed by atoms with Gasteiger partial charge in [-0.25, -0.2) is 0 Å². The number of para-hydroxylation sites is 3. The van der Waals surface area contributed by atoms with E-state index in [-0.39, 0.29) is 0 Å². The van der Waals surface area contributed by atoms with Crippen molar-refractivity contribution in [1.29, 1.82) is 0 Å². The van der Waals surface area contributed by atoms with Gasteiger partial charge in [-0.2, -0.15) is 0 Å². The standard InChI is InChI=1S/C48H28N2O/c1-2-12-32-29(11-1)21-26-38-46(32)35-15-3-4-16-36(35)47-37-17-6-9-19-42(37)50(48(38)47)31-24-22-30(23-25-31)49-41-18-8-5-13-33(41)39-27-40-34-14-7-10-20-44(34)51-45(40)28-43(39)49/h1-28H. The van der Waals surface area contributed by atoms with Crippen LogP contribution in [0.5, 0.6) is 0 Å². The Morgan fingerprint density at radius 1 is 0.314 bits per heavy atom. The van der Waals surface area contributed by atoms with E-state index in [2.05, 4.69) is 167 Å². The van der Waals surface area contributed by atoms with E-state index in [0.717, 1.165) is 38.8 Å². The first-order valence-electron chi connectivity index (χ1n) is 17.5. The van der Waals surface area contributed by atoms with Crippen molar-refractivity contribution in [3.63, 3.8) is 0 Å². The van der Waals surface area contributed by atoms with Gasteiger partial charge in [-0.1, -0.05) is 115 Å². The highest BCUT2D eigenvalue weighted by atomic mass is 16.3. The fraction of sp³-hybridized carbons (Fsp3) is 0. The molecule has 0 aliphatic rings. The molecule has 9 aromatic carbocycles. The summed E-state index contributed by atoms with van der Waals surface area (Å²) in [5.74, 6) is 0. The van der Waals surface area contributed by atoms with Crippen LogP contribution in [0.25, 0.3) is 109 Å². The number of fused-ring (bicyclic) bond motifs is 16. The second-order valence-corrected chi connectivity index (χ2v) is 13.7. The van der Waals surface area contributed by atoms with Gasteiger partial charge in [-0.15, -0.1) is 0 Å². The summed E-state index contributed by atoms with van der Waals surface area (Å²) in [4.78, 5) is 0. The van der Waals surface area contributed by atoms with Crippen molar-refractivity contribution in [2.75, 3.05) is 0 Å². The largest absolute Gasteiger partial charge is 0.456 e. The summed E-state index contributed by atoms with van der Waals surface area (Å²) in [6, 6.07) is 61.8. The van der Waals surface area contributed by atoms with Gasteiger partial charge >= 0.3 is 0 Å². The molecule has 0 saturated carbocycles. The van der Waals surface area contributed by atoms with E-state index in [9.17, 15) is 0 Å². The van der Waals surface area contributed by atoms with Gasteiger partial charge in [0, 0.05) is 55.1 Å². The average Bonchev–Trinajstić information content (AvgIpc) is 3.84. The van der Waals surface area contributed by atoms with Crippen LogP contribution < -0.4 is 0 Å². The van der Waals surface area contributed by atoms with E-state index in [1.165, 1.54) is 70.4 Å². The first-order chi connectivity index (χ1) is 25.3. The lowest BCUT2D eigenvalue weighted by Gasteiger charge is -2.15. The van der Waals surface area contributed by atoms with Crippen molar-refractivity contribution in [2.45, 2.75) is 0 Å². The highest BCUT2D eigenvalue weighted by Crippen LogP contribution is 2.45. The number of hydrogen-bond donors (Lipinski definition) is 0. The quantitative estimate of drug-likeness (QED) is 0.171. The smallest absolute Gasteiger partial charge is 0.137 e. The lowest BCUT2D eigenvalue weighted by Crippen LogP contribution is -1.98. The molecule has 0 fully saturated rings. The maximum atomic E-state index is 6.37. The Labute approximate surface area is 291 Å². The molecule has 51 heavy (non-hydrogen) atoms. The van der Waals surface area contributed by atoms with E-state index in [1.54, 1.807) is 0 Å². The van der Waals surface area contributed by atoms with E-state index in [4.69, 9.17) is 4.42 Å². The summed E-state index contributed by atoms with van der Waals surface area (Å²) in [5, 5.41) is 15.0. The highest BCUT2D eigenvalue weighted by molar-refractivity contribution is 6.36. The predicted octanol–water partition coefficient (Wildman–Crippen LogP) is 13.2. The zero-order valence-electron chi connectivity index (χ0n) is 27.5. The van der Waals surface area contributed by atoms with E-state index in [0.29, 0.717) is 0 Å². The highest BCUT2D eigenvalue weighted by Gasteiger charge is 2.21. The molecule has 12 rings (SSSR count). The van der Waals surface area contributed by atoms with Crippen molar-refractivity contribution >= 4 is 97.9 Å². The summed E-state index contributed by atoms with van der Waals surface area (Å²) in [6.45, 7) is 0. The number of rotatable bonds is 2. The van der Waals surface area contributed by atoms with Crippen LogP contribution in [0, 0.1) is 0 Å². The van der Waals surface area contributed by atoms with Gasteiger partial charge in [-0.3, -0.25) is 0 Å². The fourth-order valence-electron chi connectivity index (χ4n) is 8.93. The molecule has 236 valence electrons. The van der Waals surface area contributed by atoms with E-state index < -0.39 is 0 Å². The van der Waals surface area contributed by atoms with Gasteiger partial charge in [0.15, 0.2) is 0 Å². The Morgan fingerprint density at radius 2 is 0.902 bits per heavy atom. The Bertz CT molecular complexity index is 3410. The van der Waals surface area contributed by atoms with Crippen LogP contribution >= 0.6 is 0 Å². The van der Waals surface area contributed by atoms with E-state index >= 15 is 0 Å². The van der Waals surface area contributed by atoms with Crippen molar-refractivity contribution < 1.29 is 4.42 Å². The number of benzene rings is 9. The summed E-state index contributed by atoms with van der Waals surface area (Å²) in [7, 11) is 0.